The Labute approximate surface area is 347 Å². The highest BCUT2D eigenvalue weighted by atomic mass is 16.6. The average Bonchev–Trinajstić information content (AvgIpc) is 3.20. The first-order valence-electron chi connectivity index (χ1n) is 23.8. The first-order chi connectivity index (χ1) is 27.6. The Hall–Kier alpha value is -2.40. The molecule has 56 heavy (non-hydrogen) atoms. The number of hydrogen-bond donors (Lipinski definition) is 0. The van der Waals surface area contributed by atoms with Crippen molar-refractivity contribution in [3.8, 4) is 0 Å². The normalized spacial score (nSPS) is 12.7. The first-order valence-corrected chi connectivity index (χ1v) is 23.8. The van der Waals surface area contributed by atoms with Gasteiger partial charge in [0.2, 0.25) is 0 Å². The highest BCUT2D eigenvalue weighted by molar-refractivity contribution is 5.70. The number of rotatable bonds is 43. The zero-order valence-electron chi connectivity index (χ0n) is 37.1. The molecule has 1 atom stereocenters. The van der Waals surface area contributed by atoms with Crippen LogP contribution < -0.4 is 0 Å². The molecule has 1 unspecified atom stereocenters. The van der Waals surface area contributed by atoms with Crippen molar-refractivity contribution in [2.24, 2.45) is 0 Å². The largest absolute Gasteiger partial charge is 0.462 e. The SMILES string of the molecule is CC/C=C\C/C=C\C/C=C\CCCCCCCCCC(=O)OCC(COCCCCCCCCCC/C=C\C/C=C\CCCCC)OC(=O)CCCCCCC. The van der Waals surface area contributed by atoms with E-state index in [4.69, 9.17) is 14.2 Å². The molecule has 0 bridgehead atoms. The van der Waals surface area contributed by atoms with Crippen LogP contribution in [0.3, 0.4) is 0 Å². The highest BCUT2D eigenvalue weighted by Crippen LogP contribution is 2.13. The second-order valence-corrected chi connectivity index (χ2v) is 15.6. The molecule has 0 amide bonds. The zero-order valence-corrected chi connectivity index (χ0v) is 37.1. The van der Waals surface area contributed by atoms with Gasteiger partial charge in [0.25, 0.3) is 0 Å². The van der Waals surface area contributed by atoms with E-state index in [9.17, 15) is 9.59 Å². The van der Waals surface area contributed by atoms with Crippen molar-refractivity contribution in [1.29, 1.82) is 0 Å². The molecule has 0 saturated carbocycles. The number of allylic oxidation sites excluding steroid dienone is 10. The summed E-state index contributed by atoms with van der Waals surface area (Å²) >= 11 is 0. The van der Waals surface area contributed by atoms with Gasteiger partial charge in [-0.2, -0.15) is 0 Å². The maximum atomic E-state index is 12.6. The third-order valence-electron chi connectivity index (χ3n) is 10.0. The van der Waals surface area contributed by atoms with Crippen molar-refractivity contribution in [2.45, 2.75) is 232 Å². The molecule has 5 heteroatoms. The topological polar surface area (TPSA) is 61.8 Å². The minimum absolute atomic E-state index is 0.0768. The Balaban J connectivity index is 4.06. The van der Waals surface area contributed by atoms with E-state index in [-0.39, 0.29) is 25.2 Å². The molecule has 0 spiro atoms. The van der Waals surface area contributed by atoms with Gasteiger partial charge in [0.15, 0.2) is 6.10 Å². The van der Waals surface area contributed by atoms with Gasteiger partial charge in [-0.1, -0.05) is 191 Å². The third kappa shape index (κ3) is 44.3. The number of unbranched alkanes of at least 4 members (excludes halogenated alkanes) is 22. The number of hydrogen-bond acceptors (Lipinski definition) is 5. The van der Waals surface area contributed by atoms with E-state index in [1.165, 1.54) is 109 Å². The van der Waals surface area contributed by atoms with E-state index in [1.807, 2.05) is 0 Å². The molecule has 0 fully saturated rings. The van der Waals surface area contributed by atoms with Crippen LogP contribution in [0.5, 0.6) is 0 Å². The quantitative estimate of drug-likeness (QED) is 0.0350. The summed E-state index contributed by atoms with van der Waals surface area (Å²) in [7, 11) is 0. The van der Waals surface area contributed by atoms with Gasteiger partial charge in [-0.15, -0.1) is 0 Å². The summed E-state index contributed by atoms with van der Waals surface area (Å²) in [5.74, 6) is -0.422. The lowest BCUT2D eigenvalue weighted by Crippen LogP contribution is -2.30. The van der Waals surface area contributed by atoms with Gasteiger partial charge >= 0.3 is 11.9 Å². The summed E-state index contributed by atoms with van der Waals surface area (Å²) in [6, 6.07) is 0. The van der Waals surface area contributed by atoms with Crippen LogP contribution in [-0.4, -0.2) is 37.9 Å². The van der Waals surface area contributed by atoms with E-state index < -0.39 is 6.10 Å². The van der Waals surface area contributed by atoms with Crippen LogP contribution in [-0.2, 0) is 23.8 Å². The molecule has 0 aromatic rings. The summed E-state index contributed by atoms with van der Waals surface area (Å²) in [6.45, 7) is 7.61. The summed E-state index contributed by atoms with van der Waals surface area (Å²) in [4.78, 5) is 25.1. The lowest BCUT2D eigenvalue weighted by molar-refractivity contribution is -0.163. The summed E-state index contributed by atoms with van der Waals surface area (Å²) < 4.78 is 17.2. The molecule has 0 heterocycles. The van der Waals surface area contributed by atoms with Crippen LogP contribution in [0.1, 0.15) is 226 Å². The minimum atomic E-state index is -0.539. The molecule has 0 N–H and O–H groups in total. The second kappa shape index (κ2) is 47.0. The Bertz CT molecular complexity index is 977. The van der Waals surface area contributed by atoms with Gasteiger partial charge in [-0.25, -0.2) is 0 Å². The molecular formula is C51H90O5. The first kappa shape index (κ1) is 53.6. The highest BCUT2D eigenvalue weighted by Gasteiger charge is 2.17. The Morgan fingerprint density at radius 3 is 1.32 bits per heavy atom. The average molecular weight is 783 g/mol. The van der Waals surface area contributed by atoms with Crippen molar-refractivity contribution >= 4 is 11.9 Å². The maximum Gasteiger partial charge on any atom is 0.306 e. The van der Waals surface area contributed by atoms with E-state index in [1.54, 1.807) is 0 Å². The predicted octanol–water partition coefficient (Wildman–Crippen LogP) is 15.8. The van der Waals surface area contributed by atoms with Gasteiger partial charge < -0.3 is 14.2 Å². The smallest absolute Gasteiger partial charge is 0.306 e. The fourth-order valence-electron chi connectivity index (χ4n) is 6.49. The van der Waals surface area contributed by atoms with Crippen molar-refractivity contribution in [3.05, 3.63) is 60.8 Å². The maximum absolute atomic E-state index is 12.6. The van der Waals surface area contributed by atoms with Gasteiger partial charge in [0.05, 0.1) is 6.61 Å². The van der Waals surface area contributed by atoms with Crippen LogP contribution in [0.4, 0.5) is 0 Å². The van der Waals surface area contributed by atoms with Crippen LogP contribution in [0.15, 0.2) is 60.8 Å². The summed E-state index contributed by atoms with van der Waals surface area (Å²) in [5.41, 5.74) is 0. The predicted molar refractivity (Wildman–Crippen MR) is 242 cm³/mol. The molecular weight excluding hydrogens is 693 g/mol. The molecule has 0 rings (SSSR count). The van der Waals surface area contributed by atoms with Gasteiger partial charge in [-0.3, -0.25) is 9.59 Å². The lowest BCUT2D eigenvalue weighted by atomic mass is 10.1. The van der Waals surface area contributed by atoms with Gasteiger partial charge in [0.1, 0.15) is 6.61 Å². The Morgan fingerprint density at radius 2 is 0.804 bits per heavy atom. The minimum Gasteiger partial charge on any atom is -0.462 e. The molecule has 0 aliphatic rings. The van der Waals surface area contributed by atoms with Crippen LogP contribution >= 0.6 is 0 Å². The molecule has 0 radical (unpaired) electrons. The second-order valence-electron chi connectivity index (χ2n) is 15.6. The fraction of sp³-hybridized carbons (Fsp3) is 0.765. The third-order valence-corrected chi connectivity index (χ3v) is 10.0. The molecule has 0 aromatic heterocycles. The fourth-order valence-corrected chi connectivity index (χ4v) is 6.49. The lowest BCUT2D eigenvalue weighted by Gasteiger charge is -2.18. The Kier molecular flexibility index (Phi) is 45.0. The zero-order chi connectivity index (χ0) is 40.7. The van der Waals surface area contributed by atoms with E-state index in [0.717, 1.165) is 83.5 Å². The van der Waals surface area contributed by atoms with E-state index >= 15 is 0 Å². The van der Waals surface area contributed by atoms with Gasteiger partial charge in [0, 0.05) is 19.4 Å². The number of ether oxygens (including phenoxy) is 3. The summed E-state index contributed by atoms with van der Waals surface area (Å²) in [6.07, 6.45) is 58.2. The molecule has 0 saturated heterocycles. The number of carbonyl (C=O) groups is 2. The van der Waals surface area contributed by atoms with E-state index in [2.05, 4.69) is 81.5 Å². The van der Waals surface area contributed by atoms with Crippen LogP contribution in [0.2, 0.25) is 0 Å². The van der Waals surface area contributed by atoms with Crippen molar-refractivity contribution < 1.29 is 23.8 Å². The molecule has 0 aliphatic heterocycles. The van der Waals surface area contributed by atoms with E-state index in [0.29, 0.717) is 19.4 Å². The number of esters is 2. The van der Waals surface area contributed by atoms with Crippen LogP contribution in [0, 0.1) is 0 Å². The molecule has 0 aliphatic carbocycles. The van der Waals surface area contributed by atoms with Crippen molar-refractivity contribution in [1.82, 2.24) is 0 Å². The number of carbonyl (C=O) groups excluding carboxylic acids is 2. The van der Waals surface area contributed by atoms with Gasteiger partial charge in [-0.05, 0) is 83.5 Å². The van der Waals surface area contributed by atoms with Crippen LogP contribution in [0.25, 0.3) is 0 Å². The van der Waals surface area contributed by atoms with Crippen molar-refractivity contribution in [2.75, 3.05) is 19.8 Å². The molecule has 0 aromatic carbocycles. The molecule has 5 nitrogen and oxygen atoms in total. The standard InChI is InChI=1S/C51H90O5/c1-4-7-10-13-15-17-19-21-23-25-27-29-31-33-35-37-40-43-46-54-47-49(56-51(53)45-42-38-12-9-6-3)48-55-50(52)44-41-39-36-34-32-30-28-26-24-22-20-18-16-14-11-8-5-2/h8,11,15-18,21-24,49H,4-7,9-10,12-14,19-20,25-48H2,1-3H3/b11-8-,17-15-,18-16-,23-21-,24-22-. The van der Waals surface area contributed by atoms with Crippen molar-refractivity contribution in [3.63, 3.8) is 0 Å². The Morgan fingerprint density at radius 1 is 0.411 bits per heavy atom. The monoisotopic (exact) mass is 783 g/mol. The summed E-state index contributed by atoms with van der Waals surface area (Å²) in [5, 5.41) is 0. The molecule has 324 valence electrons.